The molecule has 0 radical (unpaired) electrons. The summed E-state index contributed by atoms with van der Waals surface area (Å²) in [6.45, 7) is 3.89. The second kappa shape index (κ2) is 7.15. The topological polar surface area (TPSA) is 66.4 Å². The summed E-state index contributed by atoms with van der Waals surface area (Å²) in [4.78, 5) is 0. The first-order valence-electron chi connectivity index (χ1n) is 7.23. The Kier molecular flexibility index (Phi) is 5.77. The fourth-order valence-corrected chi connectivity index (χ4v) is 2.95. The van der Waals surface area contributed by atoms with Crippen LogP contribution in [0.2, 0.25) is 0 Å². The largest absolute Gasteiger partial charge is 0.381 e. The van der Waals surface area contributed by atoms with E-state index in [2.05, 4.69) is 0 Å². The minimum Gasteiger partial charge on any atom is -0.381 e. The van der Waals surface area contributed by atoms with Crippen molar-refractivity contribution in [2.45, 2.75) is 76.2 Å². The smallest absolute Gasteiger partial charge is 0.161 e. The molecule has 0 spiro atoms. The summed E-state index contributed by atoms with van der Waals surface area (Å²) in [5.74, 6) is 0. The Hall–Kier alpha value is -0.240. The first-order chi connectivity index (χ1) is 9.53. The molecule has 6 nitrogen and oxygen atoms in total. The van der Waals surface area contributed by atoms with Crippen LogP contribution < -0.4 is 0 Å². The molecular weight excluding hydrogens is 264 g/mol. The third-order valence-electron chi connectivity index (χ3n) is 4.01. The van der Waals surface area contributed by atoms with E-state index in [0.29, 0.717) is 12.8 Å². The SMILES string of the molecule is COC1CC(C)O[C@@H](O[C@H]2C(C)O[C@@H](O)CC2OC)C1. The van der Waals surface area contributed by atoms with Crippen LogP contribution in [0.5, 0.6) is 0 Å². The normalized spacial score (nSPS) is 46.4. The molecule has 20 heavy (non-hydrogen) atoms. The molecular formula is C14H26O6. The molecule has 2 aliphatic rings. The van der Waals surface area contributed by atoms with E-state index in [0.717, 1.165) is 6.42 Å². The van der Waals surface area contributed by atoms with Gasteiger partial charge in [0, 0.05) is 27.1 Å². The second-order valence-electron chi connectivity index (χ2n) is 5.61. The molecule has 0 bridgehead atoms. The number of ether oxygens (including phenoxy) is 5. The van der Waals surface area contributed by atoms with Gasteiger partial charge in [-0.1, -0.05) is 0 Å². The van der Waals surface area contributed by atoms with Gasteiger partial charge in [-0.05, 0) is 20.3 Å². The van der Waals surface area contributed by atoms with Crippen LogP contribution in [-0.4, -0.2) is 62.4 Å². The number of hydrogen-bond acceptors (Lipinski definition) is 6. The molecule has 118 valence electrons. The molecule has 2 aliphatic heterocycles. The Balaban J connectivity index is 1.96. The maximum Gasteiger partial charge on any atom is 0.161 e. The van der Waals surface area contributed by atoms with E-state index in [1.807, 2.05) is 13.8 Å². The molecule has 2 rings (SSSR count). The van der Waals surface area contributed by atoms with E-state index in [1.165, 1.54) is 0 Å². The number of aliphatic hydroxyl groups is 1. The van der Waals surface area contributed by atoms with Gasteiger partial charge in [0.1, 0.15) is 6.10 Å². The van der Waals surface area contributed by atoms with Gasteiger partial charge in [-0.3, -0.25) is 0 Å². The van der Waals surface area contributed by atoms with Crippen molar-refractivity contribution in [1.82, 2.24) is 0 Å². The van der Waals surface area contributed by atoms with E-state index in [-0.39, 0.29) is 36.8 Å². The lowest BCUT2D eigenvalue weighted by Gasteiger charge is -2.41. The first kappa shape index (κ1) is 16.1. The van der Waals surface area contributed by atoms with Crippen LogP contribution in [0.4, 0.5) is 0 Å². The standard InChI is InChI=1S/C14H26O6/c1-8-5-10(16-3)6-13(18-8)20-14-9(2)19-12(15)7-11(14)17-4/h8-15H,5-7H2,1-4H3/t8?,9?,10?,11?,12-,13+,14+/m1/s1. The zero-order valence-corrected chi connectivity index (χ0v) is 12.7. The van der Waals surface area contributed by atoms with Gasteiger partial charge in [-0.15, -0.1) is 0 Å². The molecule has 6 heteroatoms. The monoisotopic (exact) mass is 290 g/mol. The molecule has 0 aromatic heterocycles. The molecule has 0 saturated carbocycles. The summed E-state index contributed by atoms with van der Waals surface area (Å²) in [5.41, 5.74) is 0. The van der Waals surface area contributed by atoms with Crippen molar-refractivity contribution in [3.8, 4) is 0 Å². The Morgan fingerprint density at radius 2 is 1.75 bits per heavy atom. The quantitative estimate of drug-likeness (QED) is 0.835. The van der Waals surface area contributed by atoms with Gasteiger partial charge in [0.15, 0.2) is 12.6 Å². The summed E-state index contributed by atoms with van der Waals surface area (Å²) >= 11 is 0. The highest BCUT2D eigenvalue weighted by Gasteiger charge is 2.40. The van der Waals surface area contributed by atoms with E-state index >= 15 is 0 Å². The first-order valence-corrected chi connectivity index (χ1v) is 7.23. The summed E-state index contributed by atoms with van der Waals surface area (Å²) in [6, 6.07) is 0. The number of aliphatic hydroxyl groups excluding tert-OH is 1. The lowest BCUT2D eigenvalue weighted by atomic mass is 10.0. The second-order valence-corrected chi connectivity index (χ2v) is 5.61. The molecule has 2 saturated heterocycles. The summed E-state index contributed by atoms with van der Waals surface area (Å²) in [6.07, 6.45) is 0.405. The van der Waals surface area contributed by atoms with Crippen LogP contribution in [0.25, 0.3) is 0 Å². The fourth-order valence-electron chi connectivity index (χ4n) is 2.95. The van der Waals surface area contributed by atoms with E-state index in [4.69, 9.17) is 23.7 Å². The maximum absolute atomic E-state index is 9.62. The van der Waals surface area contributed by atoms with Gasteiger partial charge < -0.3 is 28.8 Å². The lowest BCUT2D eigenvalue weighted by Crippen LogP contribution is -2.52. The Bertz CT molecular complexity index is 299. The van der Waals surface area contributed by atoms with E-state index in [1.54, 1.807) is 14.2 Å². The van der Waals surface area contributed by atoms with Crippen molar-refractivity contribution in [3.05, 3.63) is 0 Å². The van der Waals surface area contributed by atoms with Gasteiger partial charge in [-0.2, -0.15) is 0 Å². The molecule has 0 aromatic carbocycles. The van der Waals surface area contributed by atoms with Crippen LogP contribution in [-0.2, 0) is 23.7 Å². The van der Waals surface area contributed by atoms with Crippen molar-refractivity contribution in [2.75, 3.05) is 14.2 Å². The Labute approximate surface area is 120 Å². The number of rotatable bonds is 4. The molecule has 7 atom stereocenters. The minimum atomic E-state index is -0.798. The maximum atomic E-state index is 9.62. The molecule has 0 aliphatic carbocycles. The summed E-state index contributed by atoms with van der Waals surface area (Å²) in [5, 5.41) is 9.62. The van der Waals surface area contributed by atoms with Crippen molar-refractivity contribution < 1.29 is 28.8 Å². The molecule has 1 N–H and O–H groups in total. The van der Waals surface area contributed by atoms with Crippen LogP contribution in [0.1, 0.15) is 33.1 Å². The lowest BCUT2D eigenvalue weighted by molar-refractivity contribution is -0.298. The Morgan fingerprint density at radius 1 is 1.00 bits per heavy atom. The molecule has 0 aromatic rings. The predicted octanol–water partition coefficient (Wildman–Crippen LogP) is 1.05. The highest BCUT2D eigenvalue weighted by molar-refractivity contribution is 4.84. The summed E-state index contributed by atoms with van der Waals surface area (Å²) in [7, 11) is 3.33. The average molecular weight is 290 g/mol. The fraction of sp³-hybridized carbons (Fsp3) is 1.00. The highest BCUT2D eigenvalue weighted by Crippen LogP contribution is 2.29. The summed E-state index contributed by atoms with van der Waals surface area (Å²) < 4.78 is 28.1. The van der Waals surface area contributed by atoms with Crippen LogP contribution in [0.3, 0.4) is 0 Å². The average Bonchev–Trinajstić information content (AvgIpc) is 2.40. The van der Waals surface area contributed by atoms with Gasteiger partial charge >= 0.3 is 0 Å². The Morgan fingerprint density at radius 3 is 2.40 bits per heavy atom. The van der Waals surface area contributed by atoms with Crippen molar-refractivity contribution in [1.29, 1.82) is 0 Å². The zero-order chi connectivity index (χ0) is 14.7. The molecule has 0 amide bonds. The minimum absolute atomic E-state index is 0.102. The zero-order valence-electron chi connectivity index (χ0n) is 12.7. The van der Waals surface area contributed by atoms with Gasteiger partial charge in [0.25, 0.3) is 0 Å². The predicted molar refractivity (Wildman–Crippen MR) is 71.2 cm³/mol. The van der Waals surface area contributed by atoms with Crippen molar-refractivity contribution in [2.24, 2.45) is 0 Å². The van der Waals surface area contributed by atoms with Crippen LogP contribution in [0.15, 0.2) is 0 Å². The number of hydrogen-bond donors (Lipinski definition) is 1. The van der Waals surface area contributed by atoms with E-state index < -0.39 is 6.29 Å². The van der Waals surface area contributed by atoms with Crippen molar-refractivity contribution in [3.63, 3.8) is 0 Å². The van der Waals surface area contributed by atoms with E-state index in [9.17, 15) is 5.11 Å². The van der Waals surface area contributed by atoms with Gasteiger partial charge in [-0.25, -0.2) is 0 Å². The molecule has 4 unspecified atom stereocenters. The van der Waals surface area contributed by atoms with Crippen LogP contribution >= 0.6 is 0 Å². The van der Waals surface area contributed by atoms with Gasteiger partial charge in [0.05, 0.1) is 24.4 Å². The van der Waals surface area contributed by atoms with Gasteiger partial charge in [0.2, 0.25) is 0 Å². The van der Waals surface area contributed by atoms with Crippen LogP contribution in [0, 0.1) is 0 Å². The van der Waals surface area contributed by atoms with Crippen molar-refractivity contribution >= 4 is 0 Å². The third-order valence-corrected chi connectivity index (χ3v) is 4.01. The third kappa shape index (κ3) is 3.90. The molecule has 2 fully saturated rings. The highest BCUT2D eigenvalue weighted by atomic mass is 16.7. The number of methoxy groups -OCH3 is 2. The molecule has 2 heterocycles.